The van der Waals surface area contributed by atoms with Gasteiger partial charge in [-0.05, 0) is 30.0 Å². The second-order valence-electron chi connectivity index (χ2n) is 6.69. The predicted octanol–water partition coefficient (Wildman–Crippen LogP) is 1.36. The van der Waals surface area contributed by atoms with E-state index in [-0.39, 0.29) is 22.7 Å². The Balaban J connectivity index is 1.42. The molecule has 6 heteroatoms. The van der Waals surface area contributed by atoms with E-state index in [2.05, 4.69) is 35.8 Å². The van der Waals surface area contributed by atoms with Gasteiger partial charge in [-0.1, -0.05) is 18.2 Å². The molecule has 2 N–H and O–H groups in total. The Bertz CT molecular complexity index is 678. The largest absolute Gasteiger partial charge is 0.350 e. The molecule has 0 radical (unpaired) electrons. The summed E-state index contributed by atoms with van der Waals surface area (Å²) in [6.07, 6.45) is 1.41. The summed E-state index contributed by atoms with van der Waals surface area (Å²) >= 11 is 1.73. The summed E-state index contributed by atoms with van der Waals surface area (Å²) in [6.45, 7) is 4.42. The number of amides is 2. The van der Waals surface area contributed by atoms with E-state index in [0.29, 0.717) is 18.7 Å². The van der Waals surface area contributed by atoms with Gasteiger partial charge in [-0.25, -0.2) is 0 Å². The molecule has 2 fully saturated rings. The fourth-order valence-corrected chi connectivity index (χ4v) is 5.21. The molecule has 0 aliphatic carbocycles. The van der Waals surface area contributed by atoms with E-state index in [1.807, 2.05) is 0 Å². The number of nitrogens with zero attached hydrogens (tertiary/aromatic N) is 1. The van der Waals surface area contributed by atoms with Gasteiger partial charge < -0.3 is 15.5 Å². The zero-order valence-electron chi connectivity index (χ0n) is 13.2. The van der Waals surface area contributed by atoms with E-state index in [4.69, 9.17) is 0 Å². The average Bonchev–Trinajstić information content (AvgIpc) is 3.20. The van der Waals surface area contributed by atoms with Gasteiger partial charge in [-0.3, -0.25) is 9.59 Å². The molecule has 3 heterocycles. The van der Waals surface area contributed by atoms with Crippen LogP contribution in [0.4, 0.5) is 0 Å². The topological polar surface area (TPSA) is 61.4 Å². The van der Waals surface area contributed by atoms with Crippen LogP contribution in [0.3, 0.4) is 0 Å². The van der Waals surface area contributed by atoms with Crippen LogP contribution >= 0.6 is 11.8 Å². The van der Waals surface area contributed by atoms with Crippen LogP contribution in [0.25, 0.3) is 0 Å². The van der Waals surface area contributed by atoms with Gasteiger partial charge in [0, 0.05) is 31.8 Å². The summed E-state index contributed by atoms with van der Waals surface area (Å²) in [5, 5.41) is 6.34. The third kappa shape index (κ3) is 2.54. The molecule has 0 aromatic heterocycles. The number of nitrogens with one attached hydrogen (secondary N) is 2. The molecule has 0 saturated carbocycles. The molecule has 2 unspecified atom stereocenters. The minimum atomic E-state index is -0.323. The zero-order chi connectivity index (χ0) is 16.0. The first-order valence-electron chi connectivity index (χ1n) is 8.12. The molecular formula is C17H21N3O2S. The van der Waals surface area contributed by atoms with Crippen molar-refractivity contribution in [1.29, 1.82) is 0 Å². The summed E-state index contributed by atoms with van der Waals surface area (Å²) in [4.78, 5) is 26.3. The summed E-state index contributed by atoms with van der Waals surface area (Å²) in [5.41, 5.74) is 3.77. The maximum Gasteiger partial charge on any atom is 0.243 e. The highest BCUT2D eigenvalue weighted by molar-refractivity contribution is 8.01. The Hall–Kier alpha value is -1.53. The van der Waals surface area contributed by atoms with Gasteiger partial charge in [0.1, 0.15) is 6.04 Å². The van der Waals surface area contributed by atoms with Crippen molar-refractivity contribution in [2.45, 2.75) is 50.3 Å². The Morgan fingerprint density at radius 1 is 1.43 bits per heavy atom. The molecule has 2 atom stereocenters. The van der Waals surface area contributed by atoms with E-state index >= 15 is 0 Å². The quantitative estimate of drug-likeness (QED) is 0.878. The van der Waals surface area contributed by atoms with Crippen LogP contribution in [0.2, 0.25) is 0 Å². The first kappa shape index (κ1) is 15.0. The fraction of sp³-hybridized carbons (Fsp3) is 0.529. The van der Waals surface area contributed by atoms with Crippen LogP contribution in [0.1, 0.15) is 36.5 Å². The molecule has 2 saturated heterocycles. The zero-order valence-corrected chi connectivity index (χ0v) is 14.0. The molecule has 2 amide bonds. The molecule has 0 bridgehead atoms. The van der Waals surface area contributed by atoms with E-state index < -0.39 is 0 Å². The van der Waals surface area contributed by atoms with Gasteiger partial charge in [0.05, 0.1) is 4.87 Å². The highest BCUT2D eigenvalue weighted by Crippen LogP contribution is 2.47. The number of carbonyl (C=O) groups is 2. The molecule has 1 aromatic carbocycles. The first-order valence-corrected chi connectivity index (χ1v) is 9.11. The second kappa shape index (κ2) is 5.53. The SMILES string of the molecule is CC12CCC(=O)N1C(C(=O)NCc1ccc3c(c1)CNC3)CS2. The van der Waals surface area contributed by atoms with Crippen molar-refractivity contribution in [1.82, 2.24) is 15.5 Å². The minimum Gasteiger partial charge on any atom is -0.350 e. The van der Waals surface area contributed by atoms with Crippen molar-refractivity contribution < 1.29 is 9.59 Å². The number of benzene rings is 1. The van der Waals surface area contributed by atoms with E-state index in [1.54, 1.807) is 16.7 Å². The maximum atomic E-state index is 12.6. The second-order valence-corrected chi connectivity index (χ2v) is 8.19. The summed E-state index contributed by atoms with van der Waals surface area (Å²) in [5.74, 6) is 0.777. The predicted molar refractivity (Wildman–Crippen MR) is 89.6 cm³/mol. The van der Waals surface area contributed by atoms with Crippen LogP contribution in [-0.4, -0.2) is 33.4 Å². The Morgan fingerprint density at radius 3 is 3.13 bits per heavy atom. The first-order chi connectivity index (χ1) is 11.1. The van der Waals surface area contributed by atoms with Crippen LogP contribution < -0.4 is 10.6 Å². The monoisotopic (exact) mass is 331 g/mol. The van der Waals surface area contributed by atoms with Crippen LogP contribution in [0.15, 0.2) is 18.2 Å². The Labute approximate surface area is 140 Å². The molecule has 4 rings (SSSR count). The summed E-state index contributed by atoms with van der Waals surface area (Å²) in [7, 11) is 0. The number of carbonyl (C=O) groups excluding carboxylic acids is 2. The number of rotatable bonds is 3. The van der Waals surface area contributed by atoms with Crippen molar-refractivity contribution in [3.05, 3.63) is 34.9 Å². The molecule has 3 aliphatic heterocycles. The van der Waals surface area contributed by atoms with Crippen LogP contribution in [-0.2, 0) is 29.2 Å². The number of fused-ring (bicyclic) bond motifs is 2. The molecule has 1 aromatic rings. The van der Waals surface area contributed by atoms with Crippen LogP contribution in [0.5, 0.6) is 0 Å². The van der Waals surface area contributed by atoms with Crippen LogP contribution in [0, 0.1) is 0 Å². The van der Waals surface area contributed by atoms with Gasteiger partial charge in [-0.15, -0.1) is 11.8 Å². The van der Waals surface area contributed by atoms with E-state index in [0.717, 1.165) is 25.1 Å². The smallest absolute Gasteiger partial charge is 0.243 e. The number of hydrogen-bond acceptors (Lipinski definition) is 4. The molecule has 23 heavy (non-hydrogen) atoms. The highest BCUT2D eigenvalue weighted by Gasteiger charge is 2.52. The van der Waals surface area contributed by atoms with Gasteiger partial charge in [0.2, 0.25) is 11.8 Å². The van der Waals surface area contributed by atoms with E-state index in [1.165, 1.54) is 11.1 Å². The van der Waals surface area contributed by atoms with Crippen molar-refractivity contribution in [3.63, 3.8) is 0 Å². The lowest BCUT2D eigenvalue weighted by Gasteiger charge is -2.29. The van der Waals surface area contributed by atoms with Crippen molar-refractivity contribution in [3.8, 4) is 0 Å². The number of thioether (sulfide) groups is 1. The lowest BCUT2D eigenvalue weighted by atomic mass is 10.1. The Morgan fingerprint density at radius 2 is 2.26 bits per heavy atom. The highest BCUT2D eigenvalue weighted by atomic mass is 32.2. The van der Waals surface area contributed by atoms with Crippen molar-refractivity contribution >= 4 is 23.6 Å². The van der Waals surface area contributed by atoms with Crippen molar-refractivity contribution in [2.75, 3.05) is 5.75 Å². The third-order valence-electron chi connectivity index (χ3n) is 5.12. The normalized spacial score (nSPS) is 28.8. The standard InChI is InChI=1S/C17H21N3O2S/c1-17-5-4-15(21)20(17)14(10-23-17)16(22)19-7-11-2-3-12-8-18-9-13(12)6-11/h2-3,6,14,18H,4-5,7-10H2,1H3,(H,19,22). The molecule has 122 valence electrons. The number of hydrogen-bond donors (Lipinski definition) is 2. The van der Waals surface area contributed by atoms with E-state index in [9.17, 15) is 9.59 Å². The maximum absolute atomic E-state index is 12.6. The lowest BCUT2D eigenvalue weighted by Crippen LogP contribution is -2.49. The average molecular weight is 331 g/mol. The lowest BCUT2D eigenvalue weighted by molar-refractivity contribution is -0.138. The van der Waals surface area contributed by atoms with Gasteiger partial charge in [0.15, 0.2) is 0 Å². The third-order valence-corrected chi connectivity index (χ3v) is 6.62. The van der Waals surface area contributed by atoms with Gasteiger partial charge >= 0.3 is 0 Å². The van der Waals surface area contributed by atoms with Crippen molar-refractivity contribution in [2.24, 2.45) is 0 Å². The molecule has 0 spiro atoms. The minimum absolute atomic E-state index is 0.0323. The Kier molecular flexibility index (Phi) is 3.61. The molecule has 3 aliphatic rings. The molecule has 5 nitrogen and oxygen atoms in total. The van der Waals surface area contributed by atoms with Gasteiger partial charge in [-0.2, -0.15) is 0 Å². The fourth-order valence-electron chi connectivity index (χ4n) is 3.78. The van der Waals surface area contributed by atoms with Gasteiger partial charge in [0.25, 0.3) is 0 Å². The molecular weight excluding hydrogens is 310 g/mol. The summed E-state index contributed by atoms with van der Waals surface area (Å²) in [6, 6.07) is 6.03. The summed E-state index contributed by atoms with van der Waals surface area (Å²) < 4.78 is 0.